The maximum absolute atomic E-state index is 12.2. The number of nitrogens with zero attached hydrogens (tertiary/aromatic N) is 3. The molecule has 0 aliphatic carbocycles. The van der Waals surface area contributed by atoms with E-state index in [2.05, 4.69) is 25.8 Å². The van der Waals surface area contributed by atoms with Crippen molar-refractivity contribution in [2.24, 2.45) is 10.4 Å². The molecule has 2 aliphatic heterocycles. The van der Waals surface area contributed by atoms with Crippen LogP contribution in [-0.4, -0.2) is 41.5 Å². The average molecular weight is 333 g/mol. The van der Waals surface area contributed by atoms with Crippen LogP contribution < -0.4 is 10.8 Å². The fraction of sp³-hybridized carbons (Fsp3) is 0.562. The van der Waals surface area contributed by atoms with Crippen molar-refractivity contribution in [3.05, 3.63) is 29.0 Å². The summed E-state index contributed by atoms with van der Waals surface area (Å²) in [6.07, 6.45) is 2.69. The number of nitrogens with one attached hydrogen (secondary N) is 2. The third-order valence-corrected chi connectivity index (χ3v) is 4.41. The van der Waals surface area contributed by atoms with Gasteiger partial charge in [0.25, 0.3) is 5.90 Å². The van der Waals surface area contributed by atoms with E-state index in [1.165, 1.54) is 0 Å². The van der Waals surface area contributed by atoms with Gasteiger partial charge in [-0.1, -0.05) is 5.16 Å². The molecule has 8 nitrogen and oxygen atoms in total. The number of hydroxylamine groups is 1. The maximum Gasteiger partial charge on any atom is 0.260 e. The van der Waals surface area contributed by atoms with Gasteiger partial charge in [0.2, 0.25) is 5.91 Å². The van der Waals surface area contributed by atoms with Gasteiger partial charge in [0.1, 0.15) is 11.3 Å². The van der Waals surface area contributed by atoms with Crippen molar-refractivity contribution in [1.29, 1.82) is 0 Å². The Morgan fingerprint density at radius 2 is 2.29 bits per heavy atom. The highest BCUT2D eigenvalue weighted by atomic mass is 16.7. The molecular formula is C16H23N5O3. The molecule has 2 N–H and O–H groups in total. The van der Waals surface area contributed by atoms with Crippen molar-refractivity contribution in [3.63, 3.8) is 0 Å². The number of aliphatic imine (C=N–C) groups is 1. The largest absolute Gasteiger partial charge is 0.373 e. The van der Waals surface area contributed by atoms with Crippen LogP contribution in [0.4, 0.5) is 0 Å². The highest BCUT2D eigenvalue weighted by Gasteiger charge is 2.39. The normalized spacial score (nSPS) is 24.8. The zero-order chi connectivity index (χ0) is 17.3. The van der Waals surface area contributed by atoms with Gasteiger partial charge in [-0.3, -0.25) is 4.79 Å². The van der Waals surface area contributed by atoms with Gasteiger partial charge in [-0.25, -0.2) is 5.48 Å². The van der Waals surface area contributed by atoms with Gasteiger partial charge >= 0.3 is 0 Å². The summed E-state index contributed by atoms with van der Waals surface area (Å²) in [6.45, 7) is 9.69. The third kappa shape index (κ3) is 2.95. The van der Waals surface area contributed by atoms with Crippen molar-refractivity contribution in [1.82, 2.24) is 20.9 Å². The lowest BCUT2D eigenvalue weighted by atomic mass is 9.89. The van der Waals surface area contributed by atoms with E-state index in [0.29, 0.717) is 30.6 Å². The van der Waals surface area contributed by atoms with E-state index in [0.717, 1.165) is 24.2 Å². The molecule has 1 unspecified atom stereocenters. The van der Waals surface area contributed by atoms with Crippen LogP contribution in [0.3, 0.4) is 0 Å². The molecule has 1 aromatic rings. The molecule has 0 bridgehead atoms. The zero-order valence-corrected chi connectivity index (χ0v) is 14.5. The first kappa shape index (κ1) is 16.4. The SMILES string of the molecule is CCNC(=O)C1(C)CCN(C=C2N=C(c3c(C)noc3C)ON2)C1. The summed E-state index contributed by atoms with van der Waals surface area (Å²) < 4.78 is 5.14. The van der Waals surface area contributed by atoms with E-state index in [9.17, 15) is 4.79 Å². The fourth-order valence-corrected chi connectivity index (χ4v) is 3.05. The van der Waals surface area contributed by atoms with Crippen LogP contribution in [-0.2, 0) is 9.63 Å². The number of amides is 1. The Hall–Kier alpha value is -2.51. The lowest BCUT2D eigenvalue weighted by molar-refractivity contribution is -0.129. The summed E-state index contributed by atoms with van der Waals surface area (Å²) >= 11 is 0. The summed E-state index contributed by atoms with van der Waals surface area (Å²) in [7, 11) is 0. The molecule has 1 amide bonds. The molecule has 24 heavy (non-hydrogen) atoms. The first-order valence-electron chi connectivity index (χ1n) is 8.12. The lowest BCUT2D eigenvalue weighted by Gasteiger charge is -2.22. The Morgan fingerprint density at radius 1 is 1.50 bits per heavy atom. The number of aryl methyl sites for hydroxylation is 2. The van der Waals surface area contributed by atoms with Gasteiger partial charge in [0, 0.05) is 25.8 Å². The van der Waals surface area contributed by atoms with E-state index in [-0.39, 0.29) is 11.3 Å². The van der Waals surface area contributed by atoms with Crippen molar-refractivity contribution in [3.8, 4) is 0 Å². The van der Waals surface area contributed by atoms with Crippen LogP contribution in [0.1, 0.15) is 37.3 Å². The van der Waals surface area contributed by atoms with E-state index < -0.39 is 0 Å². The molecule has 0 radical (unpaired) electrons. The molecule has 8 heteroatoms. The molecule has 2 aliphatic rings. The molecule has 3 rings (SSSR count). The molecule has 130 valence electrons. The van der Waals surface area contributed by atoms with Crippen LogP contribution in [0, 0.1) is 19.3 Å². The Labute approximate surface area is 140 Å². The fourth-order valence-electron chi connectivity index (χ4n) is 3.05. The molecule has 3 heterocycles. The number of hydrogen-bond acceptors (Lipinski definition) is 7. The van der Waals surface area contributed by atoms with E-state index >= 15 is 0 Å². The summed E-state index contributed by atoms with van der Waals surface area (Å²) in [4.78, 5) is 24.2. The highest BCUT2D eigenvalue weighted by molar-refractivity contribution is 5.97. The molecule has 0 spiro atoms. The van der Waals surface area contributed by atoms with Gasteiger partial charge in [-0.05, 0) is 34.1 Å². The standard InChI is InChI=1S/C16H23N5O3/c1-5-17-15(22)16(4)6-7-21(9-16)8-12-18-14(24-20-12)13-10(2)19-23-11(13)3/h8,20H,5-7,9H2,1-4H3,(H,17,22). The van der Waals surface area contributed by atoms with Gasteiger partial charge in [-0.2, -0.15) is 4.99 Å². The number of hydrogen-bond donors (Lipinski definition) is 2. The number of carbonyl (C=O) groups excluding carboxylic acids is 1. The van der Waals surface area contributed by atoms with Crippen LogP contribution in [0.5, 0.6) is 0 Å². The van der Waals surface area contributed by atoms with Crippen LogP contribution >= 0.6 is 0 Å². The second kappa shape index (κ2) is 6.18. The predicted molar refractivity (Wildman–Crippen MR) is 87.8 cm³/mol. The number of rotatable bonds is 4. The summed E-state index contributed by atoms with van der Waals surface area (Å²) in [6, 6.07) is 0. The third-order valence-electron chi connectivity index (χ3n) is 4.41. The highest BCUT2D eigenvalue weighted by Crippen LogP contribution is 2.31. The predicted octanol–water partition coefficient (Wildman–Crippen LogP) is 1.22. The number of aromatic nitrogens is 1. The molecular weight excluding hydrogens is 310 g/mol. The van der Waals surface area contributed by atoms with Crippen molar-refractivity contribution >= 4 is 11.8 Å². The zero-order valence-electron chi connectivity index (χ0n) is 14.5. The van der Waals surface area contributed by atoms with Gasteiger partial charge in [-0.15, -0.1) is 0 Å². The van der Waals surface area contributed by atoms with Crippen molar-refractivity contribution in [2.45, 2.75) is 34.1 Å². The number of carbonyl (C=O) groups is 1. The van der Waals surface area contributed by atoms with E-state index in [4.69, 9.17) is 9.36 Å². The lowest BCUT2D eigenvalue weighted by Crippen LogP contribution is -2.40. The van der Waals surface area contributed by atoms with Crippen LogP contribution in [0.25, 0.3) is 0 Å². The minimum atomic E-state index is -0.374. The second-order valence-electron chi connectivity index (χ2n) is 6.48. The summed E-state index contributed by atoms with van der Waals surface area (Å²) in [5.74, 6) is 1.81. The maximum atomic E-state index is 12.2. The van der Waals surface area contributed by atoms with Crippen molar-refractivity contribution < 1.29 is 14.2 Å². The summed E-state index contributed by atoms with van der Waals surface area (Å²) in [5.41, 5.74) is 3.93. The molecule has 0 aromatic carbocycles. The summed E-state index contributed by atoms with van der Waals surface area (Å²) in [5, 5.41) is 6.82. The minimum Gasteiger partial charge on any atom is -0.373 e. The quantitative estimate of drug-likeness (QED) is 0.861. The van der Waals surface area contributed by atoms with Crippen LogP contribution in [0.2, 0.25) is 0 Å². The Morgan fingerprint density at radius 3 is 2.96 bits per heavy atom. The smallest absolute Gasteiger partial charge is 0.260 e. The molecule has 0 saturated carbocycles. The first-order valence-corrected chi connectivity index (χ1v) is 8.12. The number of likely N-dealkylation sites (tertiary alicyclic amines) is 1. The average Bonchev–Trinajstić information content (AvgIpc) is 3.21. The Bertz CT molecular complexity index is 689. The Kier molecular flexibility index (Phi) is 4.21. The topological polar surface area (TPSA) is 92.0 Å². The van der Waals surface area contributed by atoms with Gasteiger partial charge in [0.15, 0.2) is 5.82 Å². The molecule has 1 aromatic heterocycles. The van der Waals surface area contributed by atoms with E-state index in [1.54, 1.807) is 0 Å². The minimum absolute atomic E-state index is 0.0986. The van der Waals surface area contributed by atoms with E-state index in [1.807, 2.05) is 33.9 Å². The Balaban J connectivity index is 1.71. The monoisotopic (exact) mass is 333 g/mol. The molecule has 1 fully saturated rings. The second-order valence-corrected chi connectivity index (χ2v) is 6.48. The van der Waals surface area contributed by atoms with Crippen LogP contribution in [0.15, 0.2) is 21.5 Å². The molecule has 1 atom stereocenters. The van der Waals surface area contributed by atoms with Crippen molar-refractivity contribution in [2.75, 3.05) is 19.6 Å². The first-order chi connectivity index (χ1) is 11.4. The van der Waals surface area contributed by atoms with Gasteiger partial charge in [0.05, 0.1) is 11.1 Å². The molecule has 1 saturated heterocycles. The van der Waals surface area contributed by atoms with Gasteiger partial charge < -0.3 is 19.6 Å².